The Morgan fingerprint density at radius 3 is 1.95 bits per heavy atom. The predicted molar refractivity (Wildman–Crippen MR) is 80.8 cm³/mol. The molecule has 3 heteroatoms. The van der Waals surface area contributed by atoms with E-state index < -0.39 is 0 Å². The molecule has 0 aliphatic carbocycles. The molecule has 0 saturated heterocycles. The summed E-state index contributed by atoms with van der Waals surface area (Å²) in [4.78, 5) is 0. The van der Waals surface area contributed by atoms with E-state index in [1.165, 1.54) is 12.1 Å². The minimum absolute atomic E-state index is 0. The van der Waals surface area contributed by atoms with Gasteiger partial charge < -0.3 is 0 Å². The van der Waals surface area contributed by atoms with Crippen LogP contribution in [0.25, 0.3) is 22.3 Å². The summed E-state index contributed by atoms with van der Waals surface area (Å²) in [5.41, 5.74) is 3.07. The van der Waals surface area contributed by atoms with Crippen LogP contribution in [0.3, 0.4) is 0 Å². The number of aryl methyl sites for hydroxylation is 1. The van der Waals surface area contributed by atoms with Gasteiger partial charge in [-0.1, -0.05) is 24.3 Å². The van der Waals surface area contributed by atoms with Crippen molar-refractivity contribution in [3.63, 3.8) is 0 Å². The van der Waals surface area contributed by atoms with E-state index in [9.17, 15) is 8.78 Å². The fourth-order valence-corrected chi connectivity index (χ4v) is 2.34. The summed E-state index contributed by atoms with van der Waals surface area (Å²) >= 11 is 0. The summed E-state index contributed by atoms with van der Waals surface area (Å²) in [6.07, 6.45) is 0. The minimum Gasteiger partial charge on any atom is -0.206 e. The van der Waals surface area contributed by atoms with E-state index in [4.69, 9.17) is 0 Å². The smallest absolute Gasteiger partial charge is 0.131 e. The van der Waals surface area contributed by atoms with Crippen LogP contribution in [0.4, 0.5) is 8.78 Å². The molecule has 0 saturated carbocycles. The molecule has 22 heavy (non-hydrogen) atoms. The normalized spacial score (nSPS) is 10.1. The van der Waals surface area contributed by atoms with E-state index in [1.807, 2.05) is 13.0 Å². The Balaban J connectivity index is 0.00000176. The van der Waals surface area contributed by atoms with Gasteiger partial charge in [0.25, 0.3) is 0 Å². The van der Waals surface area contributed by atoms with Crippen LogP contribution in [0, 0.1) is 24.6 Å². The number of rotatable bonds is 2. The molecule has 0 unspecified atom stereocenters. The van der Waals surface area contributed by atoms with Gasteiger partial charge in [0.1, 0.15) is 11.6 Å². The molecule has 3 aromatic rings. The maximum Gasteiger partial charge on any atom is 0.131 e. The van der Waals surface area contributed by atoms with E-state index in [1.54, 1.807) is 42.5 Å². The van der Waals surface area contributed by atoms with Gasteiger partial charge in [-0.2, -0.15) is 30.3 Å². The quantitative estimate of drug-likeness (QED) is 0.392. The van der Waals surface area contributed by atoms with Crippen molar-refractivity contribution < 1.29 is 8.78 Å². The molecule has 112 valence electrons. The molecule has 0 aromatic heterocycles. The molecule has 0 nitrogen and oxygen atoms in total. The van der Waals surface area contributed by atoms with Gasteiger partial charge in [0.15, 0.2) is 0 Å². The van der Waals surface area contributed by atoms with Crippen molar-refractivity contribution in [1.29, 1.82) is 0 Å². The molecule has 3 rings (SSSR count). The van der Waals surface area contributed by atoms with E-state index in [2.05, 4.69) is 6.07 Å². The third kappa shape index (κ3) is 2.68. The molecule has 0 amide bonds. The van der Waals surface area contributed by atoms with Gasteiger partial charge in [-0.15, -0.1) is 5.56 Å². The average Bonchev–Trinajstić information content (AvgIpc) is 2.48. The molecule has 0 radical (unpaired) electrons. The molecular formula is C19H13CmF2-. The zero-order valence-corrected chi connectivity index (χ0v) is 14.8. The zero-order valence-electron chi connectivity index (χ0n) is 11.9. The zero-order chi connectivity index (χ0) is 14.8. The second-order valence-corrected chi connectivity index (χ2v) is 4.97. The van der Waals surface area contributed by atoms with Crippen molar-refractivity contribution in [3.8, 4) is 22.3 Å². The Kier molecular flexibility index (Phi) is 3.99. The fraction of sp³-hybridized carbons (Fsp3) is 0.0526. The van der Waals surface area contributed by atoms with Gasteiger partial charge in [0, 0.05) is 5.56 Å². The van der Waals surface area contributed by atoms with Crippen molar-refractivity contribution in [2.45, 2.75) is 6.92 Å². The summed E-state index contributed by atoms with van der Waals surface area (Å²) in [7, 11) is 0. The standard InChI is InChI=1S/C19H13F2.Cm/c1-13-7-9-17(18(20)11-13)15-8-10-16(19(21)12-15)14-5-3-2-4-6-14;/h3-12H,1H3;/q-1;. The molecule has 0 N–H and O–H groups in total. The van der Waals surface area contributed by atoms with Crippen molar-refractivity contribution in [3.05, 3.63) is 83.9 Å². The van der Waals surface area contributed by atoms with Gasteiger partial charge in [0.2, 0.25) is 0 Å². The molecule has 3 aromatic carbocycles. The van der Waals surface area contributed by atoms with Gasteiger partial charge in [-0.25, -0.2) is 8.78 Å². The Labute approximate surface area is 122 Å². The maximum atomic E-state index is 14.3. The Bertz CT molecular complexity index is 783. The van der Waals surface area contributed by atoms with Crippen LogP contribution in [0.1, 0.15) is 5.56 Å². The van der Waals surface area contributed by atoms with Crippen LogP contribution in [-0.4, -0.2) is 0 Å². The molecule has 0 heterocycles. The van der Waals surface area contributed by atoms with Crippen LogP contribution in [0.2, 0.25) is 0 Å². The predicted octanol–water partition coefficient (Wildman–Crippen LogP) is 5.41. The van der Waals surface area contributed by atoms with E-state index in [0.717, 1.165) is 11.1 Å². The fourth-order valence-electron chi connectivity index (χ4n) is 2.34. The number of benzene rings is 3. The average molecular weight is 526 g/mol. The molecule has 0 aliphatic rings. The van der Waals surface area contributed by atoms with Crippen LogP contribution in [-0.2, 0) is 0 Å². The Morgan fingerprint density at radius 2 is 1.32 bits per heavy atom. The topological polar surface area (TPSA) is 0 Å². The SMILES string of the molecule is Cc1ccc(-c2ccc(-c3cc[c-]cc3)c(F)c2)c(F)c1.[Cm]. The molecule has 0 bridgehead atoms. The molecule has 0 fully saturated rings. The van der Waals surface area contributed by atoms with Gasteiger partial charge in [-0.3, -0.25) is 0 Å². The first-order chi connectivity index (χ1) is 10.1. The van der Waals surface area contributed by atoms with Crippen molar-refractivity contribution in [1.82, 2.24) is 0 Å². The monoisotopic (exact) mass is 522 g/mol. The van der Waals surface area contributed by atoms with Gasteiger partial charge in [0.05, 0.1) is 0 Å². The Hall–Kier alpha value is -3.48. The van der Waals surface area contributed by atoms with Crippen molar-refractivity contribution in [2.24, 2.45) is 0 Å². The molecule has 0 spiro atoms. The molecular weight excluding hydrogens is 513 g/mol. The Morgan fingerprint density at radius 1 is 0.727 bits per heavy atom. The largest absolute Gasteiger partial charge is 0.206 e. The summed E-state index contributed by atoms with van der Waals surface area (Å²) in [6, 6.07) is 19.7. The number of halogens is 2. The van der Waals surface area contributed by atoms with E-state index >= 15 is 0 Å². The summed E-state index contributed by atoms with van der Waals surface area (Å²) in [6.45, 7) is 1.82. The number of hydrogen-bond acceptors (Lipinski definition) is 0. The van der Waals surface area contributed by atoms with Crippen LogP contribution in [0.15, 0.2) is 60.7 Å². The third-order valence-electron chi connectivity index (χ3n) is 3.43. The first-order valence-corrected chi connectivity index (χ1v) is 6.68. The minimum atomic E-state index is -0.362. The van der Waals surface area contributed by atoms with Crippen LogP contribution >= 0.6 is 0 Å². The van der Waals surface area contributed by atoms with Crippen LogP contribution in [0.5, 0.6) is 0 Å². The third-order valence-corrected chi connectivity index (χ3v) is 3.43. The number of hydrogen-bond donors (Lipinski definition) is 0. The van der Waals surface area contributed by atoms with Gasteiger partial charge >= 0.3 is 0 Å². The second-order valence-electron chi connectivity index (χ2n) is 4.97. The first-order valence-electron chi connectivity index (χ1n) is 6.68. The van der Waals surface area contributed by atoms with Crippen LogP contribution < -0.4 is 0 Å². The molecule has 0 atom stereocenters. The second kappa shape index (κ2) is 5.88. The van der Waals surface area contributed by atoms with Gasteiger partial charge in [-0.05, 0) is 35.7 Å². The van der Waals surface area contributed by atoms with Crippen molar-refractivity contribution >= 4 is 0 Å². The van der Waals surface area contributed by atoms with Crippen molar-refractivity contribution in [2.75, 3.05) is 0 Å². The summed E-state index contributed by atoms with van der Waals surface area (Å²) in [5.74, 6) is -0.699. The summed E-state index contributed by atoms with van der Waals surface area (Å²) < 4.78 is 28.3. The summed E-state index contributed by atoms with van der Waals surface area (Å²) in [5, 5.41) is 0. The van der Waals surface area contributed by atoms with E-state index in [0.29, 0.717) is 16.7 Å². The maximum absolute atomic E-state index is 14.3. The van der Waals surface area contributed by atoms with E-state index in [-0.39, 0.29) is 11.6 Å². The molecule has 0 aliphatic heterocycles. The first kappa shape index (κ1) is 14.9.